The van der Waals surface area contributed by atoms with Crippen molar-refractivity contribution in [2.45, 2.75) is 45.6 Å². The third-order valence-corrected chi connectivity index (χ3v) is 7.02. The largest absolute Gasteiger partial charge is 0.372 e. The smallest absolute Gasteiger partial charge is 0.154 e. The van der Waals surface area contributed by atoms with Crippen LogP contribution < -0.4 is 0 Å². The van der Waals surface area contributed by atoms with Crippen molar-refractivity contribution >= 4 is 21.3 Å². The number of nitrogens with one attached hydrogen (secondary N) is 1. The highest BCUT2D eigenvalue weighted by atomic mass is 35.5. The first-order chi connectivity index (χ1) is 11.3. The molecule has 0 bridgehead atoms. The van der Waals surface area contributed by atoms with Crippen LogP contribution in [-0.2, 0) is 22.8 Å². The van der Waals surface area contributed by atoms with Crippen molar-refractivity contribution in [2.75, 3.05) is 31.1 Å². The average Bonchev–Trinajstić information content (AvgIpc) is 2.71. The molecule has 3 rings (SSSR count). The molecule has 24 heavy (non-hydrogen) atoms. The van der Waals surface area contributed by atoms with Crippen molar-refractivity contribution in [3.8, 4) is 0 Å². The van der Waals surface area contributed by atoms with Crippen molar-refractivity contribution in [1.29, 1.82) is 4.78 Å². The van der Waals surface area contributed by atoms with Crippen molar-refractivity contribution < 1.29 is 9.32 Å². The molecular formula is C15H26ClN5O2S. The first-order valence-corrected chi connectivity index (χ1v) is 10.7. The zero-order valence-corrected chi connectivity index (χ0v) is 15.8. The average molecular weight is 376 g/mol. The Bertz CT molecular complexity index is 689. The van der Waals surface area contributed by atoms with Crippen molar-refractivity contribution in [1.82, 2.24) is 19.6 Å². The summed E-state index contributed by atoms with van der Waals surface area (Å²) in [5.74, 6) is 0.576. The Morgan fingerprint density at radius 1 is 1.21 bits per heavy atom. The lowest BCUT2D eigenvalue weighted by Gasteiger charge is -2.31. The van der Waals surface area contributed by atoms with E-state index in [1.807, 2.05) is 9.58 Å². The van der Waals surface area contributed by atoms with Gasteiger partial charge in [-0.25, -0.2) is 4.21 Å². The fraction of sp³-hybridized carbons (Fsp3) is 0.800. The van der Waals surface area contributed by atoms with E-state index < -0.39 is 16.0 Å². The lowest BCUT2D eigenvalue weighted by atomic mass is 10.2. The molecule has 2 aliphatic heterocycles. The van der Waals surface area contributed by atoms with Gasteiger partial charge in [0.1, 0.15) is 5.69 Å². The van der Waals surface area contributed by atoms with E-state index in [0.717, 1.165) is 31.7 Å². The van der Waals surface area contributed by atoms with Crippen LogP contribution in [0.2, 0.25) is 5.02 Å². The standard InChI is InChI=1S/C15H26ClN5O2S/c1-11(2)20-4-3-5-21-12(10-20)13(16)14(18-21)15(22)19-6-8-24(17,23)9-7-19/h11,15,17,22H,3-10H2,1-2H3. The molecule has 1 saturated heterocycles. The van der Waals surface area contributed by atoms with Gasteiger partial charge < -0.3 is 5.11 Å². The molecule has 0 saturated carbocycles. The summed E-state index contributed by atoms with van der Waals surface area (Å²) in [6, 6.07) is 0.434. The lowest BCUT2D eigenvalue weighted by Crippen LogP contribution is -2.42. The van der Waals surface area contributed by atoms with Gasteiger partial charge in [-0.3, -0.25) is 19.3 Å². The number of aryl methyl sites for hydroxylation is 1. The summed E-state index contributed by atoms with van der Waals surface area (Å²) >= 11 is 6.56. The zero-order chi connectivity index (χ0) is 17.5. The molecule has 1 aromatic heterocycles. The van der Waals surface area contributed by atoms with Crippen LogP contribution in [0.25, 0.3) is 0 Å². The second-order valence-electron chi connectivity index (χ2n) is 6.92. The van der Waals surface area contributed by atoms with Gasteiger partial charge in [-0.2, -0.15) is 5.10 Å². The van der Waals surface area contributed by atoms with Gasteiger partial charge in [-0.1, -0.05) is 11.6 Å². The molecule has 0 aromatic carbocycles. The predicted octanol–water partition coefficient (Wildman–Crippen LogP) is 1.50. The van der Waals surface area contributed by atoms with E-state index in [-0.39, 0.29) is 11.5 Å². The van der Waals surface area contributed by atoms with Gasteiger partial charge in [0.2, 0.25) is 0 Å². The van der Waals surface area contributed by atoms with Gasteiger partial charge in [0.05, 0.1) is 10.7 Å². The number of rotatable bonds is 3. The summed E-state index contributed by atoms with van der Waals surface area (Å²) in [7, 11) is -2.48. The molecular weight excluding hydrogens is 350 g/mol. The minimum absolute atomic E-state index is 0.288. The molecule has 1 fully saturated rings. The van der Waals surface area contributed by atoms with Crippen LogP contribution in [0.15, 0.2) is 0 Å². The van der Waals surface area contributed by atoms with E-state index in [2.05, 4.69) is 23.8 Å². The highest BCUT2D eigenvalue weighted by Crippen LogP contribution is 2.31. The Morgan fingerprint density at radius 2 is 1.88 bits per heavy atom. The van der Waals surface area contributed by atoms with E-state index in [4.69, 9.17) is 16.4 Å². The van der Waals surface area contributed by atoms with Gasteiger partial charge in [-0.05, 0) is 20.3 Å². The van der Waals surface area contributed by atoms with Crippen LogP contribution >= 0.6 is 11.6 Å². The van der Waals surface area contributed by atoms with Gasteiger partial charge >= 0.3 is 0 Å². The van der Waals surface area contributed by atoms with E-state index in [9.17, 15) is 9.32 Å². The first-order valence-electron chi connectivity index (χ1n) is 8.44. The van der Waals surface area contributed by atoms with E-state index in [0.29, 0.717) is 29.8 Å². The van der Waals surface area contributed by atoms with Crippen LogP contribution in [0.5, 0.6) is 0 Å². The Balaban J connectivity index is 1.81. The van der Waals surface area contributed by atoms with Crippen molar-refractivity contribution in [2.24, 2.45) is 0 Å². The fourth-order valence-corrected chi connectivity index (χ4v) is 4.85. The highest BCUT2D eigenvalue weighted by Gasteiger charge is 2.31. The highest BCUT2D eigenvalue weighted by molar-refractivity contribution is 7.92. The van der Waals surface area contributed by atoms with E-state index in [1.165, 1.54) is 0 Å². The van der Waals surface area contributed by atoms with Crippen LogP contribution in [0, 0.1) is 4.78 Å². The predicted molar refractivity (Wildman–Crippen MR) is 94.5 cm³/mol. The summed E-state index contributed by atoms with van der Waals surface area (Å²) in [4.78, 5) is 4.17. The summed E-state index contributed by atoms with van der Waals surface area (Å²) in [6.07, 6.45) is 0.100. The molecule has 1 aromatic rings. The summed E-state index contributed by atoms with van der Waals surface area (Å²) in [5, 5.41) is 15.8. The molecule has 0 amide bonds. The third kappa shape index (κ3) is 3.62. The Morgan fingerprint density at radius 3 is 2.50 bits per heavy atom. The number of halogens is 1. The molecule has 136 valence electrons. The van der Waals surface area contributed by atoms with Crippen LogP contribution in [0.1, 0.15) is 37.9 Å². The van der Waals surface area contributed by atoms with Gasteiger partial charge in [0, 0.05) is 60.0 Å². The lowest BCUT2D eigenvalue weighted by molar-refractivity contribution is 0.00435. The molecule has 1 atom stereocenters. The molecule has 2 N–H and O–H groups in total. The number of aliphatic hydroxyl groups excluding tert-OH is 1. The monoisotopic (exact) mass is 375 g/mol. The topological polar surface area (TPSA) is 85.5 Å². The minimum Gasteiger partial charge on any atom is -0.372 e. The maximum Gasteiger partial charge on any atom is 0.154 e. The molecule has 3 heterocycles. The molecule has 2 aliphatic rings. The Kier molecular flexibility index (Phi) is 5.22. The summed E-state index contributed by atoms with van der Waals surface area (Å²) in [5.41, 5.74) is 1.44. The minimum atomic E-state index is -2.48. The molecule has 1 unspecified atom stereocenters. The first kappa shape index (κ1) is 18.1. The SMILES string of the molecule is CC(C)N1CCCn2nc(C(O)N3CCS(=N)(=O)CC3)c(Cl)c2C1. The molecule has 0 radical (unpaired) electrons. The third-order valence-electron chi connectivity index (χ3n) is 4.92. The molecule has 9 heteroatoms. The number of nitrogens with zero attached hydrogens (tertiary/aromatic N) is 4. The van der Waals surface area contributed by atoms with Gasteiger partial charge in [0.25, 0.3) is 0 Å². The van der Waals surface area contributed by atoms with Gasteiger partial charge in [0.15, 0.2) is 6.23 Å². The summed E-state index contributed by atoms with van der Waals surface area (Å²) < 4.78 is 21.4. The number of hydrogen-bond donors (Lipinski definition) is 2. The normalized spacial score (nSPS) is 23.9. The fourth-order valence-electron chi connectivity index (χ4n) is 3.29. The number of aromatic nitrogens is 2. The molecule has 7 nitrogen and oxygen atoms in total. The maximum absolute atomic E-state index is 11.8. The second kappa shape index (κ2) is 6.92. The van der Waals surface area contributed by atoms with Crippen LogP contribution in [0.4, 0.5) is 0 Å². The molecule has 0 aliphatic carbocycles. The zero-order valence-electron chi connectivity index (χ0n) is 14.2. The second-order valence-corrected chi connectivity index (χ2v) is 9.73. The number of aliphatic hydroxyl groups is 1. The van der Waals surface area contributed by atoms with E-state index in [1.54, 1.807) is 0 Å². The van der Waals surface area contributed by atoms with Crippen molar-refractivity contribution in [3.63, 3.8) is 0 Å². The van der Waals surface area contributed by atoms with Crippen LogP contribution in [0.3, 0.4) is 0 Å². The summed E-state index contributed by atoms with van der Waals surface area (Å²) in [6.45, 7) is 7.74. The molecule has 0 spiro atoms. The number of hydrogen-bond acceptors (Lipinski definition) is 6. The van der Waals surface area contributed by atoms with Crippen molar-refractivity contribution in [3.05, 3.63) is 16.4 Å². The van der Waals surface area contributed by atoms with E-state index >= 15 is 0 Å². The Hall–Kier alpha value is -0.670. The Labute approximate surface area is 148 Å². The quantitative estimate of drug-likeness (QED) is 0.836. The number of fused-ring (bicyclic) bond motifs is 1. The maximum atomic E-state index is 11.8. The van der Waals surface area contributed by atoms with Crippen LogP contribution in [-0.4, -0.2) is 66.1 Å². The van der Waals surface area contributed by atoms with Gasteiger partial charge in [-0.15, -0.1) is 0 Å².